The average molecular weight is 429 g/mol. The van der Waals surface area contributed by atoms with Gasteiger partial charge in [-0.2, -0.15) is 5.10 Å². The molecule has 1 aromatic heterocycles. The molecule has 8 heteroatoms. The zero-order valence-corrected chi connectivity index (χ0v) is 18.7. The summed E-state index contributed by atoms with van der Waals surface area (Å²) in [5, 5.41) is 27.9. The third-order valence-electron chi connectivity index (χ3n) is 5.07. The van der Waals surface area contributed by atoms with Gasteiger partial charge >= 0.3 is 0 Å². The van der Waals surface area contributed by atoms with E-state index in [1.807, 2.05) is 39.1 Å². The Labute approximate surface area is 181 Å². The van der Waals surface area contributed by atoms with Crippen LogP contribution in [0.5, 0.6) is 17.2 Å². The summed E-state index contributed by atoms with van der Waals surface area (Å²) in [6.07, 6.45) is 1.000. The van der Waals surface area contributed by atoms with E-state index in [0.717, 1.165) is 35.7 Å². The van der Waals surface area contributed by atoms with Gasteiger partial charge < -0.3 is 19.8 Å². The first-order valence-corrected chi connectivity index (χ1v) is 10.3. The van der Waals surface area contributed by atoms with Crippen molar-refractivity contribution >= 4 is 17.9 Å². The minimum atomic E-state index is -0.0658. The lowest BCUT2D eigenvalue weighted by atomic mass is 9.98. The van der Waals surface area contributed by atoms with Gasteiger partial charge in [0.2, 0.25) is 0 Å². The molecule has 1 heterocycles. The van der Waals surface area contributed by atoms with Gasteiger partial charge in [-0.05, 0) is 54.4 Å². The van der Waals surface area contributed by atoms with Gasteiger partial charge in [0, 0.05) is 19.7 Å². The molecule has 160 valence electrons. The smallest absolute Gasteiger partial charge is 0.200 e. The van der Waals surface area contributed by atoms with Crippen LogP contribution in [0.2, 0.25) is 0 Å². The van der Waals surface area contributed by atoms with Crippen molar-refractivity contribution in [1.82, 2.24) is 14.8 Å². The second-order valence-electron chi connectivity index (χ2n) is 7.55. The number of phenols is 2. The number of H-pyrrole nitrogens is 1. The average Bonchev–Trinajstić information content (AvgIpc) is 3.08. The molecule has 0 aliphatic heterocycles. The number of nitrogens with zero attached hydrogens (tertiary/aromatic N) is 3. The van der Waals surface area contributed by atoms with Crippen molar-refractivity contribution < 1.29 is 14.9 Å². The Morgan fingerprint density at radius 2 is 1.93 bits per heavy atom. The summed E-state index contributed by atoms with van der Waals surface area (Å²) >= 11 is 5.50. The van der Waals surface area contributed by atoms with Crippen LogP contribution in [0, 0.1) is 4.77 Å². The Morgan fingerprint density at radius 3 is 2.57 bits per heavy atom. The van der Waals surface area contributed by atoms with Crippen molar-refractivity contribution in [2.45, 2.75) is 33.1 Å². The Hall–Kier alpha value is -3.00. The van der Waals surface area contributed by atoms with Gasteiger partial charge in [0.1, 0.15) is 17.2 Å². The summed E-state index contributed by atoms with van der Waals surface area (Å²) in [7, 11) is 3.66. The molecule has 0 atom stereocenters. The number of aromatic amines is 1. The normalized spacial score (nSPS) is 11.1. The van der Waals surface area contributed by atoms with Gasteiger partial charge in [-0.1, -0.05) is 20.8 Å². The Kier molecular flexibility index (Phi) is 6.36. The molecule has 0 aliphatic rings. The van der Waals surface area contributed by atoms with Gasteiger partial charge in [-0.15, -0.1) is 0 Å². The van der Waals surface area contributed by atoms with Crippen molar-refractivity contribution in [1.29, 1.82) is 0 Å². The first kappa shape index (κ1) is 21.7. The third kappa shape index (κ3) is 4.00. The van der Waals surface area contributed by atoms with Gasteiger partial charge in [0.15, 0.2) is 10.6 Å². The SMILES string of the molecule is CCCN(C)c1cc(-n2c(-c3cc(C(C)C)c(O)cc3O)n[nH]c2=S)ccc1OC. The topological polar surface area (TPSA) is 86.5 Å². The van der Waals surface area contributed by atoms with Crippen LogP contribution in [0.3, 0.4) is 0 Å². The number of anilines is 1. The highest BCUT2D eigenvalue weighted by Gasteiger charge is 2.20. The number of aromatic hydroxyl groups is 2. The Balaban J connectivity index is 2.20. The Morgan fingerprint density at radius 1 is 1.20 bits per heavy atom. The molecule has 2 aromatic carbocycles. The molecule has 0 saturated carbocycles. The van der Waals surface area contributed by atoms with Crippen LogP contribution < -0.4 is 9.64 Å². The number of ether oxygens (including phenoxy) is 1. The van der Waals surface area contributed by atoms with Gasteiger partial charge in [0.25, 0.3) is 0 Å². The second kappa shape index (κ2) is 8.79. The fourth-order valence-electron chi connectivity index (χ4n) is 3.52. The highest BCUT2D eigenvalue weighted by molar-refractivity contribution is 7.71. The number of methoxy groups -OCH3 is 1. The van der Waals surface area contributed by atoms with E-state index in [1.54, 1.807) is 17.7 Å². The largest absolute Gasteiger partial charge is 0.508 e. The zero-order chi connectivity index (χ0) is 22.0. The number of hydrogen-bond donors (Lipinski definition) is 3. The molecule has 30 heavy (non-hydrogen) atoms. The summed E-state index contributed by atoms with van der Waals surface area (Å²) in [5.41, 5.74) is 2.94. The molecular formula is C22H28N4O3S. The Bertz CT molecular complexity index is 1100. The maximum Gasteiger partial charge on any atom is 0.200 e. The fourth-order valence-corrected chi connectivity index (χ4v) is 3.76. The van der Waals surface area contributed by atoms with Crippen molar-refractivity contribution in [3.05, 3.63) is 40.7 Å². The summed E-state index contributed by atoms with van der Waals surface area (Å²) in [6.45, 7) is 6.95. The molecule has 3 N–H and O–H groups in total. The molecule has 3 rings (SSSR count). The summed E-state index contributed by atoms with van der Waals surface area (Å²) < 4.78 is 7.71. The first-order chi connectivity index (χ1) is 14.3. The molecule has 0 saturated heterocycles. The van der Waals surface area contributed by atoms with Crippen molar-refractivity contribution in [2.75, 3.05) is 25.6 Å². The van der Waals surface area contributed by atoms with E-state index in [1.165, 1.54) is 6.07 Å². The number of hydrogen-bond acceptors (Lipinski definition) is 6. The van der Waals surface area contributed by atoms with E-state index in [-0.39, 0.29) is 17.4 Å². The number of phenolic OH excluding ortho intramolecular Hbond substituents is 2. The molecule has 3 aromatic rings. The molecule has 0 bridgehead atoms. The fraction of sp³-hybridized carbons (Fsp3) is 0.364. The van der Waals surface area contributed by atoms with Gasteiger partial charge in [-0.25, -0.2) is 0 Å². The van der Waals surface area contributed by atoms with E-state index in [0.29, 0.717) is 16.2 Å². The highest BCUT2D eigenvalue weighted by Crippen LogP contribution is 2.38. The van der Waals surface area contributed by atoms with E-state index in [4.69, 9.17) is 17.0 Å². The van der Waals surface area contributed by atoms with Crippen LogP contribution in [0.1, 0.15) is 38.7 Å². The second-order valence-corrected chi connectivity index (χ2v) is 7.94. The highest BCUT2D eigenvalue weighted by atomic mass is 32.1. The third-order valence-corrected chi connectivity index (χ3v) is 5.35. The van der Waals surface area contributed by atoms with Crippen molar-refractivity contribution in [3.63, 3.8) is 0 Å². The van der Waals surface area contributed by atoms with E-state index in [9.17, 15) is 10.2 Å². The van der Waals surface area contributed by atoms with E-state index in [2.05, 4.69) is 22.0 Å². The lowest BCUT2D eigenvalue weighted by Gasteiger charge is -2.22. The lowest BCUT2D eigenvalue weighted by Crippen LogP contribution is -2.18. The first-order valence-electron chi connectivity index (χ1n) is 9.91. The number of benzene rings is 2. The lowest BCUT2D eigenvalue weighted by molar-refractivity contribution is 0.414. The van der Waals surface area contributed by atoms with Crippen LogP contribution in [-0.4, -0.2) is 45.7 Å². The minimum absolute atomic E-state index is 0.0554. The summed E-state index contributed by atoms with van der Waals surface area (Å²) in [6, 6.07) is 8.89. The maximum absolute atomic E-state index is 10.5. The van der Waals surface area contributed by atoms with Crippen molar-refractivity contribution in [3.8, 4) is 34.3 Å². The molecule has 0 amide bonds. The molecule has 0 unspecified atom stereocenters. The molecule has 0 spiro atoms. The number of nitrogens with one attached hydrogen (secondary N) is 1. The van der Waals surface area contributed by atoms with E-state index >= 15 is 0 Å². The molecule has 0 radical (unpaired) electrons. The number of rotatable bonds is 7. The molecular weight excluding hydrogens is 400 g/mol. The maximum atomic E-state index is 10.5. The van der Waals surface area contributed by atoms with Gasteiger partial charge in [0.05, 0.1) is 24.0 Å². The quantitative estimate of drug-likeness (QED) is 0.460. The number of aromatic nitrogens is 3. The summed E-state index contributed by atoms with van der Waals surface area (Å²) in [4.78, 5) is 2.13. The minimum Gasteiger partial charge on any atom is -0.508 e. The summed E-state index contributed by atoms with van der Waals surface area (Å²) in [5.74, 6) is 1.30. The predicted molar refractivity (Wildman–Crippen MR) is 122 cm³/mol. The van der Waals surface area contributed by atoms with Crippen LogP contribution >= 0.6 is 12.2 Å². The standard InChI is InChI=1S/C22H28N4O3S/c1-6-9-25(4)17-10-14(7-8-20(17)29-5)26-21(23-24-22(26)30)16-11-15(13(2)3)18(27)12-19(16)28/h7-8,10-13,27-28H,6,9H2,1-5H3,(H,24,30). The molecule has 0 fully saturated rings. The van der Waals surface area contributed by atoms with Crippen molar-refractivity contribution in [2.24, 2.45) is 0 Å². The van der Waals surface area contributed by atoms with Crippen LogP contribution in [0.15, 0.2) is 30.3 Å². The van der Waals surface area contributed by atoms with Crippen LogP contribution in [0.4, 0.5) is 5.69 Å². The zero-order valence-electron chi connectivity index (χ0n) is 17.9. The molecule has 0 aliphatic carbocycles. The van der Waals surface area contributed by atoms with Crippen LogP contribution in [0.25, 0.3) is 17.1 Å². The van der Waals surface area contributed by atoms with Gasteiger partial charge in [-0.3, -0.25) is 9.67 Å². The molecule has 7 nitrogen and oxygen atoms in total. The monoisotopic (exact) mass is 428 g/mol. The predicted octanol–water partition coefficient (Wildman–Crippen LogP) is 4.99. The van der Waals surface area contributed by atoms with E-state index < -0.39 is 0 Å². The van der Waals surface area contributed by atoms with Crippen LogP contribution in [-0.2, 0) is 0 Å².